The number of hydrogen-bond donors (Lipinski definition) is 4. The van der Waals surface area contributed by atoms with Crippen LogP contribution >= 0.6 is 11.3 Å². The lowest BCUT2D eigenvalue weighted by Crippen LogP contribution is -2.46. The Balaban J connectivity index is 1.37. The fourth-order valence-electron chi connectivity index (χ4n) is 4.72. The zero-order valence-electron chi connectivity index (χ0n) is 25.9. The second-order valence-corrected chi connectivity index (χ2v) is 12.6. The van der Waals surface area contributed by atoms with Gasteiger partial charge in [0.15, 0.2) is 0 Å². The molecule has 0 spiro atoms. The van der Waals surface area contributed by atoms with E-state index in [9.17, 15) is 14.4 Å². The minimum absolute atomic E-state index is 0.216. The predicted molar refractivity (Wildman–Crippen MR) is 174 cm³/mol. The van der Waals surface area contributed by atoms with Gasteiger partial charge in [0.05, 0.1) is 17.4 Å². The summed E-state index contributed by atoms with van der Waals surface area (Å²) in [5.41, 5.74) is 2.45. The van der Waals surface area contributed by atoms with Crippen LogP contribution in [-0.2, 0) is 11.2 Å². The summed E-state index contributed by atoms with van der Waals surface area (Å²) in [7, 11) is 2.13. The number of likely N-dealkylation sites (N-methyl/N-ethyl adjacent to an activating group) is 1. The van der Waals surface area contributed by atoms with Crippen molar-refractivity contribution in [2.45, 2.75) is 45.3 Å². The lowest BCUT2D eigenvalue weighted by molar-refractivity contribution is 0.0635. The van der Waals surface area contributed by atoms with Gasteiger partial charge in [-0.15, -0.1) is 11.3 Å². The van der Waals surface area contributed by atoms with Gasteiger partial charge in [-0.1, -0.05) is 36.4 Å². The number of anilines is 2. The highest BCUT2D eigenvalue weighted by Crippen LogP contribution is 2.28. The van der Waals surface area contributed by atoms with E-state index in [4.69, 9.17) is 4.74 Å². The molecule has 0 aliphatic carbocycles. The Morgan fingerprint density at radius 2 is 1.68 bits per heavy atom. The number of amides is 4. The fraction of sp³-hybridized carbons (Fsp3) is 0.438. The number of nitrogens with one attached hydrogen (secondary N) is 4. The van der Waals surface area contributed by atoms with Gasteiger partial charge in [0.2, 0.25) is 0 Å². The number of urea groups is 1. The zero-order chi connectivity index (χ0) is 31.5. The summed E-state index contributed by atoms with van der Waals surface area (Å²) in [6, 6.07) is 13.0. The minimum atomic E-state index is -0.644. The number of hydrogen-bond acceptors (Lipinski definition) is 8. The molecular weight excluding hydrogens is 578 g/mol. The van der Waals surface area contributed by atoms with Crippen LogP contribution in [0.3, 0.4) is 0 Å². The second-order valence-electron chi connectivity index (χ2n) is 11.9. The van der Waals surface area contributed by atoms with Crippen LogP contribution in [0.15, 0.2) is 59.4 Å². The molecule has 0 bridgehead atoms. The van der Waals surface area contributed by atoms with Gasteiger partial charge in [-0.3, -0.25) is 15.1 Å². The standard InChI is InChI=1S/C32H43N7O4S/c1-32(2,3)43-31(42)37-28-22-44-21-27(28)35-29(40)26-11-10-24(20-34-26)25(13-15-39-18-16-38(4)17-19-39)36-30(41)33-14-12-23-8-6-5-7-9-23/h5-11,20-22,25H,12-19H2,1-4H3,(H,35,40)(H,37,42)(H2,33,36,41). The lowest BCUT2D eigenvalue weighted by atomic mass is 10.0. The third-order valence-electron chi connectivity index (χ3n) is 7.14. The maximum Gasteiger partial charge on any atom is 0.412 e. The summed E-state index contributed by atoms with van der Waals surface area (Å²) in [5, 5.41) is 15.0. The third-order valence-corrected chi connectivity index (χ3v) is 7.89. The maximum absolute atomic E-state index is 13.0. The molecule has 1 aliphatic rings. The van der Waals surface area contributed by atoms with E-state index in [0.29, 0.717) is 24.3 Å². The van der Waals surface area contributed by atoms with Crippen molar-refractivity contribution in [1.29, 1.82) is 0 Å². The van der Waals surface area contributed by atoms with Crippen LogP contribution in [0.5, 0.6) is 0 Å². The van der Waals surface area contributed by atoms with Crippen molar-refractivity contribution in [3.05, 3.63) is 76.2 Å². The molecule has 11 nitrogen and oxygen atoms in total. The summed E-state index contributed by atoms with van der Waals surface area (Å²) >= 11 is 1.34. The monoisotopic (exact) mass is 621 g/mol. The predicted octanol–water partition coefficient (Wildman–Crippen LogP) is 4.96. The van der Waals surface area contributed by atoms with E-state index in [2.05, 4.69) is 43.1 Å². The average Bonchev–Trinajstić information content (AvgIpc) is 3.41. The van der Waals surface area contributed by atoms with E-state index >= 15 is 0 Å². The normalized spacial score (nSPS) is 14.8. The zero-order valence-corrected chi connectivity index (χ0v) is 26.7. The molecule has 0 radical (unpaired) electrons. The molecule has 4 amide bonds. The molecule has 1 fully saturated rings. The van der Waals surface area contributed by atoms with Crippen molar-refractivity contribution in [3.8, 4) is 0 Å². The van der Waals surface area contributed by atoms with Crippen LogP contribution in [0.1, 0.15) is 54.8 Å². The third kappa shape index (κ3) is 10.6. The average molecular weight is 622 g/mol. The molecule has 4 rings (SSSR count). The Labute approximate surface area is 263 Å². The number of ether oxygens (including phenoxy) is 1. The Kier molecular flexibility index (Phi) is 11.7. The van der Waals surface area contributed by atoms with Crippen LogP contribution in [0.4, 0.5) is 21.0 Å². The molecule has 2 aromatic heterocycles. The number of piperazine rings is 1. The fourth-order valence-corrected chi connectivity index (χ4v) is 5.43. The highest BCUT2D eigenvalue weighted by Gasteiger charge is 2.21. The van der Waals surface area contributed by atoms with Gasteiger partial charge >= 0.3 is 12.1 Å². The van der Waals surface area contributed by atoms with Gasteiger partial charge in [-0.05, 0) is 57.9 Å². The van der Waals surface area contributed by atoms with Crippen LogP contribution < -0.4 is 21.3 Å². The highest BCUT2D eigenvalue weighted by atomic mass is 32.1. The SMILES string of the molecule is CN1CCN(CCC(NC(=O)NCCc2ccccc2)c2ccc(C(=O)Nc3cscc3NC(=O)OC(C)(C)C)nc2)CC1. The summed E-state index contributed by atoms with van der Waals surface area (Å²) < 4.78 is 5.31. The Bertz CT molecular complexity index is 1370. The van der Waals surface area contributed by atoms with Gasteiger partial charge in [0.1, 0.15) is 11.3 Å². The molecule has 0 saturated carbocycles. The van der Waals surface area contributed by atoms with E-state index < -0.39 is 17.6 Å². The molecule has 1 unspecified atom stereocenters. The molecule has 236 valence electrons. The van der Waals surface area contributed by atoms with Crippen molar-refractivity contribution < 1.29 is 19.1 Å². The summed E-state index contributed by atoms with van der Waals surface area (Å²) in [5.74, 6) is -0.414. The topological polar surface area (TPSA) is 128 Å². The molecule has 1 atom stereocenters. The summed E-state index contributed by atoms with van der Waals surface area (Å²) in [6.07, 6.45) is 2.48. The molecular formula is C32H43N7O4S. The van der Waals surface area contributed by atoms with Crippen LogP contribution in [0.2, 0.25) is 0 Å². The number of carbonyl (C=O) groups excluding carboxylic acids is 3. The van der Waals surface area contributed by atoms with Crippen LogP contribution in [-0.4, -0.2) is 84.7 Å². The quantitative estimate of drug-likeness (QED) is 0.238. The number of pyridine rings is 1. The molecule has 3 heterocycles. The van der Waals surface area contributed by atoms with E-state index in [0.717, 1.165) is 50.3 Å². The lowest BCUT2D eigenvalue weighted by Gasteiger charge is -2.33. The number of aromatic nitrogens is 1. The van der Waals surface area contributed by atoms with E-state index in [1.165, 1.54) is 11.3 Å². The first-order valence-corrected chi connectivity index (χ1v) is 15.8. The minimum Gasteiger partial charge on any atom is -0.444 e. The Morgan fingerprint density at radius 1 is 0.977 bits per heavy atom. The summed E-state index contributed by atoms with van der Waals surface area (Å²) in [6.45, 7) is 10.7. The smallest absolute Gasteiger partial charge is 0.412 e. The first-order valence-electron chi connectivity index (χ1n) is 14.9. The van der Waals surface area contributed by atoms with Crippen molar-refractivity contribution >= 4 is 40.7 Å². The molecule has 12 heteroatoms. The molecule has 1 aromatic carbocycles. The molecule has 4 N–H and O–H groups in total. The Morgan fingerprint density at radius 3 is 2.34 bits per heavy atom. The van der Waals surface area contributed by atoms with Gasteiger partial charge in [-0.2, -0.15) is 0 Å². The molecule has 1 saturated heterocycles. The summed E-state index contributed by atoms with van der Waals surface area (Å²) in [4.78, 5) is 47.3. The second kappa shape index (κ2) is 15.6. The van der Waals surface area contributed by atoms with E-state index in [-0.39, 0.29) is 17.8 Å². The van der Waals surface area contributed by atoms with Gasteiger partial charge in [0.25, 0.3) is 5.91 Å². The van der Waals surface area contributed by atoms with Crippen molar-refractivity contribution in [3.63, 3.8) is 0 Å². The maximum atomic E-state index is 13.0. The van der Waals surface area contributed by atoms with Crippen LogP contribution in [0, 0.1) is 0 Å². The Hall–Kier alpha value is -4.00. The number of thiophene rings is 1. The van der Waals surface area contributed by atoms with Crippen LogP contribution in [0.25, 0.3) is 0 Å². The molecule has 44 heavy (non-hydrogen) atoms. The first kappa shape index (κ1) is 32.9. The highest BCUT2D eigenvalue weighted by molar-refractivity contribution is 7.09. The van der Waals surface area contributed by atoms with Crippen molar-refractivity contribution in [1.82, 2.24) is 25.4 Å². The van der Waals surface area contributed by atoms with Crippen molar-refractivity contribution in [2.24, 2.45) is 0 Å². The van der Waals surface area contributed by atoms with E-state index in [1.54, 1.807) is 43.8 Å². The van der Waals surface area contributed by atoms with Gasteiger partial charge in [-0.25, -0.2) is 9.59 Å². The number of carbonyl (C=O) groups is 3. The van der Waals surface area contributed by atoms with Gasteiger partial charge < -0.3 is 30.5 Å². The molecule has 3 aromatic rings. The number of benzene rings is 1. The van der Waals surface area contributed by atoms with Crippen molar-refractivity contribution in [2.75, 3.05) is 56.9 Å². The number of nitrogens with zero attached hydrogens (tertiary/aromatic N) is 3. The van der Waals surface area contributed by atoms with Gasteiger partial charge in [0, 0.05) is 56.2 Å². The molecule has 1 aliphatic heterocycles. The number of rotatable bonds is 11. The largest absolute Gasteiger partial charge is 0.444 e. The first-order chi connectivity index (χ1) is 21.1. The van der Waals surface area contributed by atoms with E-state index in [1.807, 2.05) is 36.4 Å².